The van der Waals surface area contributed by atoms with Gasteiger partial charge in [0.2, 0.25) is 0 Å². The van der Waals surface area contributed by atoms with Crippen molar-refractivity contribution in [1.29, 1.82) is 5.26 Å². The molecule has 0 heterocycles. The third-order valence-corrected chi connectivity index (χ3v) is 0.830. The first kappa shape index (κ1) is 11.3. The Bertz CT molecular complexity index is 110. The summed E-state index contributed by atoms with van der Waals surface area (Å²) in [5.74, 6) is -0.512. The molecule has 0 bridgehead atoms. The number of carbonyl (C=O) groups excluding carboxylic acids is 1. The van der Waals surface area contributed by atoms with E-state index in [0.29, 0.717) is 0 Å². The third-order valence-electron chi connectivity index (χ3n) is 0.289. The molecule has 0 aromatic heterocycles. The van der Waals surface area contributed by atoms with Crippen molar-refractivity contribution >= 4 is 51.5 Å². The van der Waals surface area contributed by atoms with Crippen molar-refractivity contribution in [3.05, 3.63) is 0 Å². The number of esters is 1. The number of nitrogens with zero attached hydrogens (tertiary/aromatic N) is 1. The minimum atomic E-state index is -0.512. The van der Waals surface area contributed by atoms with Crippen molar-refractivity contribution in [3.63, 3.8) is 0 Å². The van der Waals surface area contributed by atoms with Gasteiger partial charge in [0.15, 0.2) is 0 Å². The predicted octanol–water partition coefficient (Wildman–Crippen LogP) is -1.32. The molecule has 0 aliphatic rings. The molecule has 40 valence electrons. The number of rotatable bonds is 1. The Morgan fingerprint density at radius 3 is 2.50 bits per heavy atom. The Morgan fingerprint density at radius 1 is 1.88 bits per heavy atom. The molecule has 0 aromatic carbocycles. The Labute approximate surface area is 77.5 Å². The molecule has 0 aromatic rings. The summed E-state index contributed by atoms with van der Waals surface area (Å²) in [4.78, 5) is 9.95. The molecule has 0 radical (unpaired) electrons. The molecule has 0 rings (SSSR count). The molecule has 0 saturated heterocycles. The van der Waals surface area contributed by atoms with E-state index in [4.69, 9.17) is 5.26 Å². The number of hydrogen-bond donors (Lipinski definition) is 0. The molecule has 0 fully saturated rings. The molecule has 0 atom stereocenters. The zero-order valence-corrected chi connectivity index (χ0v) is 5.29. The molecule has 0 aliphatic carbocycles. The van der Waals surface area contributed by atoms with Crippen LogP contribution in [0, 0.1) is 11.5 Å². The van der Waals surface area contributed by atoms with Gasteiger partial charge in [-0.3, -0.25) is 0 Å². The van der Waals surface area contributed by atoms with Crippen LogP contribution in [-0.4, -0.2) is 51.5 Å². The van der Waals surface area contributed by atoms with Crippen molar-refractivity contribution < 1.29 is 9.53 Å². The van der Waals surface area contributed by atoms with E-state index in [-0.39, 0.29) is 34.9 Å². The van der Waals surface area contributed by atoms with Crippen LogP contribution in [0.15, 0.2) is 0 Å². The van der Waals surface area contributed by atoms with Crippen LogP contribution in [0.2, 0.25) is 5.32 Å². The van der Waals surface area contributed by atoms with Gasteiger partial charge in [0.05, 0.1) is 0 Å². The van der Waals surface area contributed by atoms with Gasteiger partial charge in [-0.1, -0.05) is 0 Å². The van der Waals surface area contributed by atoms with Crippen LogP contribution in [-0.2, 0) is 9.53 Å². The molecule has 3 nitrogen and oxygen atoms in total. The summed E-state index contributed by atoms with van der Waals surface area (Å²) in [5, 5.41) is 7.86. The first-order valence-corrected chi connectivity index (χ1v) is 2.83. The Kier molecular flexibility index (Phi) is 10.6. The van der Waals surface area contributed by atoms with E-state index in [1.165, 1.54) is 6.26 Å². The van der Waals surface area contributed by atoms with Crippen molar-refractivity contribution in [2.24, 2.45) is 0 Å². The molecule has 0 saturated carbocycles. The molecule has 0 amide bonds. The van der Waals surface area contributed by atoms with Crippen LogP contribution in [0.1, 0.15) is 0 Å². The second-order valence-corrected chi connectivity index (χ2v) is 1.39. The number of carbonyl (C=O) groups is 1. The predicted molar refractivity (Wildman–Crippen MR) is 30.8 cm³/mol. The monoisotopic (exact) mass is 189 g/mol. The first-order valence-electron chi connectivity index (χ1n) is 1.51. The van der Waals surface area contributed by atoms with Gasteiger partial charge >= 0.3 is 77.9 Å². The van der Waals surface area contributed by atoms with Gasteiger partial charge in [0, 0.05) is 0 Å². The van der Waals surface area contributed by atoms with Crippen molar-refractivity contribution in [3.8, 4) is 6.26 Å². The summed E-state index contributed by atoms with van der Waals surface area (Å²) >= 11 is 2.01. The number of ether oxygens (including phenoxy) is 1. The van der Waals surface area contributed by atoms with E-state index in [9.17, 15) is 4.79 Å². The van der Waals surface area contributed by atoms with Gasteiger partial charge in [0.25, 0.3) is 0 Å². The average Bonchev–Trinajstić information content (AvgIpc) is 1.68. The van der Waals surface area contributed by atoms with Crippen LogP contribution in [0.3, 0.4) is 0 Å². The maximum atomic E-state index is 9.95. The van der Waals surface area contributed by atoms with E-state index in [1.807, 2.05) is 16.0 Å². The Balaban J connectivity index is 0. The fraction of sp³-hybridized carbons (Fsp3) is 0.333. The van der Waals surface area contributed by atoms with E-state index in [2.05, 4.69) is 4.74 Å². The zero-order chi connectivity index (χ0) is 5.70. The van der Waals surface area contributed by atoms with E-state index >= 15 is 0 Å². The number of hydrogen-bond acceptors (Lipinski definition) is 3. The van der Waals surface area contributed by atoms with E-state index in [1.54, 1.807) is 0 Å². The van der Waals surface area contributed by atoms with Crippen LogP contribution in [0.4, 0.5) is 0 Å². The third kappa shape index (κ3) is 6.48. The van der Waals surface area contributed by atoms with Crippen molar-refractivity contribution in [1.82, 2.24) is 0 Å². The summed E-state index contributed by atoms with van der Waals surface area (Å²) in [6.45, 7) is 0. The normalized spacial score (nSPS) is 6.00. The molecule has 5 heteroatoms. The summed E-state index contributed by atoms with van der Waals surface area (Å²) in [6, 6.07) is 0. The SMILES string of the molecule is N#COC(=O)C[SeH].[NaH]. The van der Waals surface area contributed by atoms with E-state index < -0.39 is 5.97 Å². The summed E-state index contributed by atoms with van der Waals surface area (Å²) in [6.07, 6.45) is 1.26. The Hall–Kier alpha value is 0.479. The molecule has 0 aliphatic heterocycles. The van der Waals surface area contributed by atoms with Gasteiger partial charge in [-0.15, -0.1) is 0 Å². The molecule has 0 N–H and O–H groups in total. The molecule has 0 unspecified atom stereocenters. The van der Waals surface area contributed by atoms with Gasteiger partial charge in [0.1, 0.15) is 0 Å². The molecule has 8 heavy (non-hydrogen) atoms. The van der Waals surface area contributed by atoms with Gasteiger partial charge in [-0.25, -0.2) is 0 Å². The maximum absolute atomic E-state index is 9.95. The van der Waals surface area contributed by atoms with Gasteiger partial charge in [-0.2, -0.15) is 0 Å². The second kappa shape index (κ2) is 7.48. The van der Waals surface area contributed by atoms with Crippen molar-refractivity contribution in [2.75, 3.05) is 0 Å². The van der Waals surface area contributed by atoms with E-state index in [0.717, 1.165) is 0 Å². The van der Waals surface area contributed by atoms with Crippen LogP contribution >= 0.6 is 0 Å². The number of nitriles is 1. The zero-order valence-electron chi connectivity index (χ0n) is 3.42. The average molecular weight is 188 g/mol. The standard InChI is InChI=1S/C3H3NO2Se.Na.H/c4-2-6-3(5)1-7;;/h7H,1H2;;. The van der Waals surface area contributed by atoms with Gasteiger partial charge in [-0.05, 0) is 0 Å². The van der Waals surface area contributed by atoms with Crippen LogP contribution in [0.5, 0.6) is 0 Å². The van der Waals surface area contributed by atoms with Crippen molar-refractivity contribution in [2.45, 2.75) is 5.32 Å². The van der Waals surface area contributed by atoms with Gasteiger partial charge < -0.3 is 0 Å². The quantitative estimate of drug-likeness (QED) is 0.291. The Morgan fingerprint density at radius 2 is 2.38 bits per heavy atom. The fourth-order valence-corrected chi connectivity index (χ4v) is 0.219. The molecule has 0 spiro atoms. The summed E-state index contributed by atoms with van der Waals surface area (Å²) in [5.41, 5.74) is 0. The summed E-state index contributed by atoms with van der Waals surface area (Å²) in [7, 11) is 0. The fourth-order valence-electron chi connectivity index (χ4n) is 0.0832. The van der Waals surface area contributed by atoms with Crippen LogP contribution in [0.25, 0.3) is 0 Å². The second-order valence-electron chi connectivity index (χ2n) is 0.723. The van der Waals surface area contributed by atoms with Crippen LogP contribution < -0.4 is 0 Å². The first-order chi connectivity index (χ1) is 3.31. The minimum absolute atomic E-state index is 0. The topological polar surface area (TPSA) is 50.1 Å². The molecular formula is C3H4NNaO2Se. The molecular weight excluding hydrogens is 184 g/mol. The summed E-state index contributed by atoms with van der Waals surface area (Å²) < 4.78 is 3.84.